The number of nitrogens with one attached hydrogen (secondary N) is 2. The number of aromatic nitrogens is 1. The Bertz CT molecular complexity index is 2150. The van der Waals surface area contributed by atoms with Gasteiger partial charge < -0.3 is 51.3 Å². The number of amides is 5. The van der Waals surface area contributed by atoms with Crippen molar-refractivity contribution in [2.75, 3.05) is 31.9 Å². The number of hydrogen-bond acceptors (Lipinski definition) is 18. The van der Waals surface area contributed by atoms with Gasteiger partial charge in [0.25, 0.3) is 5.91 Å². The van der Waals surface area contributed by atoms with Gasteiger partial charge in [-0.15, -0.1) is 11.3 Å². The lowest BCUT2D eigenvalue weighted by Crippen LogP contribution is -2.67. The molecule has 0 aliphatic carbocycles. The lowest BCUT2D eigenvalue weighted by molar-refractivity contribution is -0.168. The minimum Gasteiger partial charge on any atom is -0.504 e. The number of piperazine rings is 1. The number of thiazole rings is 1. The number of thioether (sulfide) groups is 1. The van der Waals surface area contributed by atoms with Crippen LogP contribution < -0.4 is 16.5 Å². The number of oxime groups is 2. The predicted molar refractivity (Wildman–Crippen MR) is 195 cm³/mol. The van der Waals surface area contributed by atoms with Crippen molar-refractivity contribution in [1.29, 1.82) is 0 Å². The van der Waals surface area contributed by atoms with E-state index >= 15 is 0 Å². The van der Waals surface area contributed by atoms with Gasteiger partial charge in [-0.2, -0.15) is 0 Å². The lowest BCUT2D eigenvalue weighted by Gasteiger charge is -2.41. The molecule has 1 unspecified atom stereocenters. The van der Waals surface area contributed by atoms with Crippen molar-refractivity contribution in [2.45, 2.75) is 42.5 Å². The smallest absolute Gasteiger partial charge is 0.350 e. The second-order valence-corrected chi connectivity index (χ2v) is 15.6. The number of carbonyl (C=O) groups excluding carboxylic acids is 6. The van der Waals surface area contributed by atoms with Crippen molar-refractivity contribution in [3.8, 4) is 11.5 Å². The Labute approximate surface area is 333 Å². The molecule has 4 heterocycles. The zero-order valence-corrected chi connectivity index (χ0v) is 31.9. The van der Waals surface area contributed by atoms with Gasteiger partial charge in [0.15, 0.2) is 33.8 Å². The van der Waals surface area contributed by atoms with Crippen LogP contribution in [0.1, 0.15) is 37.9 Å². The summed E-state index contributed by atoms with van der Waals surface area (Å²) < 4.78 is 0. The molecule has 0 bridgehead atoms. The summed E-state index contributed by atoms with van der Waals surface area (Å²) in [6.07, 6.45) is -1.01. The normalized spacial score (nSPS) is 21.2. The Hall–Kier alpha value is -6.21. The number of nitrogens with zero attached hydrogens (tertiary/aromatic N) is 6. The molecule has 5 amide bonds. The molecular weight excluding hydrogens is 822 g/mol. The second kappa shape index (κ2) is 16.1. The molecule has 3 fully saturated rings. The number of rotatable bonds is 15. The Kier molecular flexibility index (Phi) is 11.8. The Balaban J connectivity index is 1.20. The van der Waals surface area contributed by atoms with Crippen molar-refractivity contribution in [2.24, 2.45) is 16.2 Å². The van der Waals surface area contributed by atoms with Crippen LogP contribution in [0, 0.1) is 5.92 Å². The van der Waals surface area contributed by atoms with E-state index in [4.69, 9.17) is 22.2 Å². The highest BCUT2D eigenvalue weighted by Gasteiger charge is 2.66. The van der Waals surface area contributed by atoms with Gasteiger partial charge >= 0.3 is 23.8 Å². The first-order chi connectivity index (χ1) is 26.7. The molecule has 9 N–H and O–H groups in total. The third kappa shape index (κ3) is 8.06. The Morgan fingerprint density at radius 1 is 1.11 bits per heavy atom. The van der Waals surface area contributed by atoms with Crippen LogP contribution in [0.25, 0.3) is 0 Å². The number of aromatic hydroxyl groups is 2. The summed E-state index contributed by atoms with van der Waals surface area (Å²) >= 11 is 7.54. The third-order valence-electron chi connectivity index (χ3n) is 8.82. The molecule has 5 rings (SSSR count). The lowest BCUT2D eigenvalue weighted by atomic mass is 9.90. The van der Waals surface area contributed by atoms with Crippen LogP contribution in [0.3, 0.4) is 0 Å². The minimum atomic E-state index is -2.16. The molecule has 0 radical (unpaired) electrons. The summed E-state index contributed by atoms with van der Waals surface area (Å²) in [6, 6.07) is 2.09. The number of nitrogen functional groups attached to an aromatic ring is 1. The highest BCUT2D eigenvalue weighted by atomic mass is 35.5. The maximum atomic E-state index is 13.5. The quantitative estimate of drug-likeness (QED) is 0.0259. The fourth-order valence-electron chi connectivity index (χ4n) is 5.70. The number of ketones is 1. The van der Waals surface area contributed by atoms with Crippen LogP contribution in [-0.4, -0.2) is 146 Å². The van der Waals surface area contributed by atoms with E-state index in [0.717, 1.165) is 33.3 Å². The van der Waals surface area contributed by atoms with E-state index in [-0.39, 0.29) is 29.5 Å². The number of halogens is 1. The van der Waals surface area contributed by atoms with Crippen LogP contribution in [-0.2, 0) is 43.2 Å². The van der Waals surface area contributed by atoms with Gasteiger partial charge in [-0.1, -0.05) is 33.7 Å². The van der Waals surface area contributed by atoms with E-state index in [1.54, 1.807) is 0 Å². The molecule has 0 saturated carbocycles. The van der Waals surface area contributed by atoms with Crippen molar-refractivity contribution in [3.63, 3.8) is 0 Å². The van der Waals surface area contributed by atoms with Crippen LogP contribution in [0.4, 0.5) is 5.13 Å². The standard InChI is InChI=1S/C31H32ClN9O14S2/c1-30(2,27(50)51)55-38-20(14-10-56-29(33)35-14)16(43)9-13-23(47)39-11-31(28(52)53,57-26(13)39)40-7-8-41(25(49)24(40)48)36-17(44)5-6-34-22(46)19(37-54)12-3-4-15(42)21(45)18(12)32/h3-4,10,13,26,42,45,54H,5-9,11H2,1-2H3,(H2,33,35)(H,34,46)(H,36,44)(H,50,51)(H,52,53)/b37-19-,38-20-/t13?,26-,31-/m1/s1. The van der Waals surface area contributed by atoms with E-state index in [9.17, 15) is 64.0 Å². The molecule has 3 aliphatic heterocycles. The topological polar surface area (TPSA) is 344 Å². The molecule has 304 valence electrons. The number of fused-ring (bicyclic) bond motifs is 1. The van der Waals surface area contributed by atoms with Gasteiger partial charge in [-0.05, 0) is 26.0 Å². The van der Waals surface area contributed by atoms with E-state index in [0.29, 0.717) is 16.8 Å². The summed E-state index contributed by atoms with van der Waals surface area (Å²) in [6.45, 7) is 0.650. The predicted octanol–water partition coefficient (Wildman–Crippen LogP) is -1.27. The molecule has 3 atom stereocenters. The van der Waals surface area contributed by atoms with Crippen LogP contribution in [0.5, 0.6) is 11.5 Å². The van der Waals surface area contributed by atoms with E-state index < -0.39 is 123 Å². The average molecular weight is 854 g/mol. The molecule has 57 heavy (non-hydrogen) atoms. The summed E-state index contributed by atoms with van der Waals surface area (Å²) in [5.41, 5.74) is 4.65. The molecular formula is C31H32ClN9O14S2. The number of carboxylic acids is 2. The SMILES string of the molecule is CC(C)(O/N=C(\C(=O)CC1C(=O)N2C[C@@](C(=O)O)(N3CCN(NC(=O)CCNC(=O)/C(=N\O)c4ccc(O)c(O)c4Cl)C(=O)C3=O)S[C@H]12)c1csc(N)n1)C(=O)O. The maximum absolute atomic E-state index is 13.5. The van der Waals surface area contributed by atoms with E-state index in [2.05, 4.69) is 26.0 Å². The number of anilines is 1. The van der Waals surface area contributed by atoms with Gasteiger partial charge in [-0.25, -0.2) is 19.6 Å². The number of phenols is 2. The molecule has 0 spiro atoms. The molecule has 3 aliphatic rings. The molecule has 23 nitrogen and oxygen atoms in total. The van der Waals surface area contributed by atoms with Gasteiger partial charge in [-0.3, -0.25) is 34.2 Å². The number of β-lactam (4-membered cyclic amide) rings is 1. The zero-order valence-electron chi connectivity index (χ0n) is 29.5. The Morgan fingerprint density at radius 2 is 1.81 bits per heavy atom. The minimum absolute atomic E-state index is 0.0479. The molecule has 1 aromatic carbocycles. The number of benzene rings is 1. The number of Topliss-reactive ketones (excluding diaryl/α,β-unsaturated/α-hetero) is 1. The average Bonchev–Trinajstić information content (AvgIpc) is 3.75. The summed E-state index contributed by atoms with van der Waals surface area (Å²) in [4.78, 5) is 112. The molecule has 3 saturated heterocycles. The number of phenolic OH excluding ortho intramolecular Hbond substituents is 2. The third-order valence-corrected chi connectivity index (χ3v) is 11.6. The number of nitrogens with two attached hydrogens (primary N) is 1. The van der Waals surface area contributed by atoms with Gasteiger partial charge in [0.2, 0.25) is 22.3 Å². The molecule has 26 heteroatoms. The Morgan fingerprint density at radius 3 is 2.42 bits per heavy atom. The number of carboxylic acid groups (broad SMARTS) is 2. The monoisotopic (exact) mass is 853 g/mol. The first-order valence-corrected chi connectivity index (χ1v) is 18.5. The molecule has 2 aromatic rings. The zero-order chi connectivity index (χ0) is 42.1. The van der Waals surface area contributed by atoms with Gasteiger partial charge in [0, 0.05) is 36.9 Å². The van der Waals surface area contributed by atoms with E-state index in [1.165, 1.54) is 19.2 Å². The van der Waals surface area contributed by atoms with Crippen molar-refractivity contribution < 1.29 is 68.8 Å². The number of hydrogen-bond donors (Lipinski definition) is 8. The largest absolute Gasteiger partial charge is 0.504 e. The number of hydrazine groups is 1. The van der Waals surface area contributed by atoms with Gasteiger partial charge in [0.05, 0.1) is 29.4 Å². The summed E-state index contributed by atoms with van der Waals surface area (Å²) in [5.74, 6) is -11.4. The fraction of sp³-hybridized carbons (Fsp3) is 0.387. The van der Waals surface area contributed by atoms with Crippen molar-refractivity contribution in [3.05, 3.63) is 33.8 Å². The van der Waals surface area contributed by atoms with E-state index in [1.807, 2.05) is 0 Å². The van der Waals surface area contributed by atoms with Crippen LogP contribution in [0.2, 0.25) is 5.02 Å². The molecule has 1 aromatic heterocycles. The van der Waals surface area contributed by atoms with Gasteiger partial charge in [0.1, 0.15) is 5.69 Å². The maximum Gasteiger partial charge on any atom is 0.350 e. The second-order valence-electron chi connectivity index (χ2n) is 12.9. The summed E-state index contributed by atoms with van der Waals surface area (Å²) in [5, 5.41) is 57.9. The van der Waals surface area contributed by atoms with Crippen LogP contribution in [0.15, 0.2) is 27.8 Å². The van der Waals surface area contributed by atoms with Crippen LogP contribution >= 0.6 is 34.7 Å². The van der Waals surface area contributed by atoms with Crippen molar-refractivity contribution >= 4 is 98.5 Å². The summed E-state index contributed by atoms with van der Waals surface area (Å²) in [7, 11) is 0. The fourth-order valence-corrected chi connectivity index (χ4v) is 8.20. The highest BCUT2D eigenvalue weighted by Crippen LogP contribution is 2.52. The first kappa shape index (κ1) is 41.9. The number of carbonyl (C=O) groups is 8. The first-order valence-electron chi connectivity index (χ1n) is 16.3. The number of aliphatic carboxylic acids is 2. The van der Waals surface area contributed by atoms with Crippen molar-refractivity contribution in [1.82, 2.24) is 30.5 Å². The highest BCUT2D eigenvalue weighted by molar-refractivity contribution is 8.02.